The largest absolute Gasteiger partial charge is 0.330 e. The van der Waals surface area contributed by atoms with E-state index in [1.807, 2.05) is 51.1 Å². The first-order valence-corrected chi connectivity index (χ1v) is 11.8. The van der Waals surface area contributed by atoms with Gasteiger partial charge in [-0.2, -0.15) is 10.5 Å². The van der Waals surface area contributed by atoms with Gasteiger partial charge in [-0.1, -0.05) is 44.5 Å². The van der Waals surface area contributed by atoms with Crippen molar-refractivity contribution in [1.29, 1.82) is 10.5 Å². The molecule has 0 amide bonds. The lowest BCUT2D eigenvalue weighted by Gasteiger charge is -2.05. The van der Waals surface area contributed by atoms with Gasteiger partial charge in [0.2, 0.25) is 0 Å². The highest BCUT2D eigenvalue weighted by atomic mass is 16.1. The minimum absolute atomic E-state index is 0.658. The van der Waals surface area contributed by atoms with Crippen molar-refractivity contribution in [2.75, 3.05) is 19.6 Å². The molecular weight excluding hydrogens is 408 g/mol. The van der Waals surface area contributed by atoms with Crippen LogP contribution in [0.4, 0.5) is 0 Å². The van der Waals surface area contributed by atoms with Gasteiger partial charge in [-0.25, -0.2) is 0 Å². The van der Waals surface area contributed by atoms with Gasteiger partial charge in [0.05, 0.1) is 23.3 Å². The average molecular weight is 449 g/mol. The SMILES string of the molecule is CCCC=O.CCCCNCCc1ccc(C#N)c(C)c1.Cc1cc(CCN)ccc1C#N. The molecule has 0 radical (unpaired) electrons. The monoisotopic (exact) mass is 448 g/mol. The van der Waals surface area contributed by atoms with Crippen LogP contribution in [0.1, 0.15) is 72.9 Å². The molecule has 33 heavy (non-hydrogen) atoms. The first kappa shape index (κ1) is 30.0. The van der Waals surface area contributed by atoms with Gasteiger partial charge >= 0.3 is 0 Å². The van der Waals surface area contributed by atoms with Crippen molar-refractivity contribution >= 4 is 6.29 Å². The van der Waals surface area contributed by atoms with Gasteiger partial charge in [0.1, 0.15) is 6.29 Å². The number of unbranched alkanes of at least 4 members (excludes halogenated alkanes) is 2. The molecule has 0 saturated carbocycles. The van der Waals surface area contributed by atoms with E-state index in [-0.39, 0.29) is 0 Å². The molecule has 0 aliphatic carbocycles. The second-order valence-corrected chi connectivity index (χ2v) is 7.87. The maximum Gasteiger partial charge on any atom is 0.119 e. The van der Waals surface area contributed by atoms with Crippen LogP contribution in [0.15, 0.2) is 36.4 Å². The number of carbonyl (C=O) groups excluding carboxylic acids is 1. The Hall–Kier alpha value is -2.99. The van der Waals surface area contributed by atoms with E-state index in [1.54, 1.807) is 0 Å². The Morgan fingerprint density at radius 1 is 0.879 bits per heavy atom. The normalized spacial score (nSPS) is 9.42. The summed E-state index contributed by atoms with van der Waals surface area (Å²) in [5, 5.41) is 20.9. The molecule has 0 unspecified atom stereocenters. The predicted octanol–water partition coefficient (Wildman–Crippen LogP) is 5.15. The Morgan fingerprint density at radius 3 is 1.79 bits per heavy atom. The lowest BCUT2D eigenvalue weighted by Crippen LogP contribution is -2.18. The van der Waals surface area contributed by atoms with Crippen molar-refractivity contribution in [3.05, 3.63) is 69.8 Å². The van der Waals surface area contributed by atoms with Gasteiger partial charge in [0.25, 0.3) is 0 Å². The van der Waals surface area contributed by atoms with Crippen LogP contribution in [0.5, 0.6) is 0 Å². The molecule has 3 N–H and O–H groups in total. The molecule has 2 rings (SSSR count). The maximum absolute atomic E-state index is 9.40. The van der Waals surface area contributed by atoms with Crippen LogP contribution < -0.4 is 11.1 Å². The number of benzene rings is 2. The van der Waals surface area contributed by atoms with Crippen LogP contribution in [-0.2, 0) is 17.6 Å². The number of aldehydes is 1. The summed E-state index contributed by atoms with van der Waals surface area (Å²) in [6.07, 6.45) is 7.02. The van der Waals surface area contributed by atoms with Crippen LogP contribution in [0.2, 0.25) is 0 Å². The Kier molecular flexibility index (Phi) is 17.9. The van der Waals surface area contributed by atoms with Crippen molar-refractivity contribution < 1.29 is 4.79 Å². The van der Waals surface area contributed by atoms with Crippen LogP contribution in [0.3, 0.4) is 0 Å². The minimum Gasteiger partial charge on any atom is -0.330 e. The van der Waals surface area contributed by atoms with E-state index in [0.29, 0.717) is 13.0 Å². The third kappa shape index (κ3) is 13.9. The predicted molar refractivity (Wildman–Crippen MR) is 137 cm³/mol. The highest BCUT2D eigenvalue weighted by Gasteiger charge is 1.99. The zero-order valence-corrected chi connectivity index (χ0v) is 20.8. The Morgan fingerprint density at radius 2 is 1.42 bits per heavy atom. The fraction of sp³-hybridized carbons (Fsp3) is 0.464. The molecule has 0 aromatic heterocycles. The van der Waals surface area contributed by atoms with Gasteiger partial charge < -0.3 is 15.8 Å². The number of hydrogen-bond donors (Lipinski definition) is 2. The molecular formula is C28H40N4O. The number of carbonyl (C=O) groups is 1. The molecule has 0 aliphatic heterocycles. The first-order chi connectivity index (χ1) is 16.0. The number of nitrogens with two attached hydrogens (primary N) is 1. The molecule has 0 heterocycles. The standard InChI is InChI=1S/C14H20N2.C10H12N2.C4H8O/c1-3-4-8-16-9-7-13-5-6-14(11-15)12(2)10-13;1-8-6-9(4-5-11)2-3-10(8)7-12;1-2-3-4-5/h5-6,10,16H,3-4,7-9H2,1-2H3;2-3,6H,4-5,11H2,1H3;4H,2-3H2,1H3. The number of nitriles is 2. The summed E-state index contributed by atoms with van der Waals surface area (Å²) in [7, 11) is 0. The highest BCUT2D eigenvalue weighted by Crippen LogP contribution is 2.11. The molecule has 178 valence electrons. The summed E-state index contributed by atoms with van der Waals surface area (Å²) >= 11 is 0. The highest BCUT2D eigenvalue weighted by molar-refractivity contribution is 5.48. The van der Waals surface area contributed by atoms with E-state index in [9.17, 15) is 4.79 Å². The molecule has 5 heteroatoms. The summed E-state index contributed by atoms with van der Waals surface area (Å²) < 4.78 is 0. The summed E-state index contributed by atoms with van der Waals surface area (Å²) in [5.41, 5.74) is 11.6. The molecule has 2 aromatic carbocycles. The molecule has 5 nitrogen and oxygen atoms in total. The third-order valence-electron chi connectivity index (χ3n) is 4.96. The average Bonchev–Trinajstić information content (AvgIpc) is 2.81. The van der Waals surface area contributed by atoms with Crippen LogP contribution >= 0.6 is 0 Å². The molecule has 0 atom stereocenters. The summed E-state index contributed by atoms with van der Waals surface area (Å²) in [6, 6.07) is 16.2. The lowest BCUT2D eigenvalue weighted by molar-refractivity contribution is -0.107. The first-order valence-electron chi connectivity index (χ1n) is 11.8. The van der Waals surface area contributed by atoms with Gasteiger partial charge in [-0.05, 0) is 93.6 Å². The zero-order chi connectivity index (χ0) is 24.9. The minimum atomic E-state index is 0.658. The van der Waals surface area contributed by atoms with E-state index >= 15 is 0 Å². The van der Waals surface area contributed by atoms with Gasteiger partial charge in [0, 0.05) is 6.42 Å². The third-order valence-corrected chi connectivity index (χ3v) is 4.96. The Labute approximate surface area is 200 Å². The second kappa shape index (κ2) is 19.7. The second-order valence-electron chi connectivity index (χ2n) is 7.87. The van der Waals surface area contributed by atoms with E-state index in [0.717, 1.165) is 60.9 Å². The lowest BCUT2D eigenvalue weighted by atomic mass is 10.0. The molecule has 2 aromatic rings. The van der Waals surface area contributed by atoms with Crippen LogP contribution in [0.25, 0.3) is 0 Å². The summed E-state index contributed by atoms with van der Waals surface area (Å²) in [4.78, 5) is 9.40. The summed E-state index contributed by atoms with van der Waals surface area (Å²) in [5.74, 6) is 0. The van der Waals surface area contributed by atoms with Gasteiger partial charge in [-0.15, -0.1) is 0 Å². The Bertz CT molecular complexity index is 894. The van der Waals surface area contributed by atoms with E-state index in [2.05, 4.69) is 30.4 Å². The molecule has 0 bridgehead atoms. The van der Waals surface area contributed by atoms with Gasteiger partial charge in [-0.3, -0.25) is 0 Å². The van der Waals surface area contributed by atoms with E-state index in [4.69, 9.17) is 16.3 Å². The zero-order valence-electron chi connectivity index (χ0n) is 20.8. The molecule has 0 fully saturated rings. The van der Waals surface area contributed by atoms with E-state index in [1.165, 1.54) is 24.0 Å². The molecule has 0 aliphatic rings. The van der Waals surface area contributed by atoms with Crippen molar-refractivity contribution in [3.8, 4) is 12.1 Å². The molecule has 0 saturated heterocycles. The number of aryl methyl sites for hydroxylation is 2. The maximum atomic E-state index is 9.40. The fourth-order valence-corrected chi connectivity index (χ4v) is 2.96. The smallest absolute Gasteiger partial charge is 0.119 e. The fourth-order valence-electron chi connectivity index (χ4n) is 2.96. The quantitative estimate of drug-likeness (QED) is 0.386. The van der Waals surface area contributed by atoms with E-state index < -0.39 is 0 Å². The summed E-state index contributed by atoms with van der Waals surface area (Å²) in [6.45, 7) is 10.9. The van der Waals surface area contributed by atoms with Crippen LogP contribution in [-0.4, -0.2) is 25.9 Å². The molecule has 0 spiro atoms. The number of nitrogens with zero attached hydrogens (tertiary/aromatic N) is 2. The number of rotatable bonds is 10. The van der Waals surface area contributed by atoms with Gasteiger partial charge in [0.15, 0.2) is 0 Å². The van der Waals surface area contributed by atoms with Crippen LogP contribution in [0, 0.1) is 36.5 Å². The topological polar surface area (TPSA) is 103 Å². The van der Waals surface area contributed by atoms with Crippen molar-refractivity contribution in [3.63, 3.8) is 0 Å². The van der Waals surface area contributed by atoms with Crippen molar-refractivity contribution in [2.45, 2.75) is 66.2 Å². The number of nitrogens with one attached hydrogen (secondary N) is 1. The van der Waals surface area contributed by atoms with Crippen molar-refractivity contribution in [2.24, 2.45) is 5.73 Å². The van der Waals surface area contributed by atoms with Crippen molar-refractivity contribution in [1.82, 2.24) is 5.32 Å². The Balaban J connectivity index is 0.000000530. The number of hydrogen-bond acceptors (Lipinski definition) is 5.